The van der Waals surface area contributed by atoms with Crippen LogP contribution in [-0.2, 0) is 16.4 Å². The second-order valence-electron chi connectivity index (χ2n) is 6.05. The van der Waals surface area contributed by atoms with E-state index in [4.69, 9.17) is 0 Å². The molecule has 1 unspecified atom stereocenters. The summed E-state index contributed by atoms with van der Waals surface area (Å²) in [5.41, 5.74) is 0. The monoisotopic (exact) mass is 333 g/mol. The number of hydrogen-bond acceptors (Lipinski definition) is 4. The number of piperidine rings is 1. The molecule has 5 nitrogen and oxygen atoms in total. The third-order valence-corrected chi connectivity index (χ3v) is 6.17. The van der Waals surface area contributed by atoms with E-state index in [1.165, 1.54) is 6.42 Å². The van der Waals surface area contributed by atoms with Gasteiger partial charge in [0.15, 0.2) is 9.84 Å². The molecule has 6 heteroatoms. The van der Waals surface area contributed by atoms with E-state index in [0.29, 0.717) is 17.5 Å². The van der Waals surface area contributed by atoms with Gasteiger partial charge < -0.3 is 0 Å². The van der Waals surface area contributed by atoms with Gasteiger partial charge in [-0.15, -0.1) is 0 Å². The van der Waals surface area contributed by atoms with Gasteiger partial charge in [-0.1, -0.05) is 24.6 Å². The van der Waals surface area contributed by atoms with Crippen molar-refractivity contribution < 1.29 is 8.42 Å². The quantitative estimate of drug-likeness (QED) is 0.813. The van der Waals surface area contributed by atoms with Crippen molar-refractivity contribution in [3.63, 3.8) is 0 Å². The zero-order valence-electron chi connectivity index (χ0n) is 13.2. The van der Waals surface area contributed by atoms with Crippen molar-refractivity contribution in [3.05, 3.63) is 48.8 Å². The molecule has 1 aromatic heterocycles. The molecule has 0 N–H and O–H groups in total. The maximum absolute atomic E-state index is 12.5. The molecule has 1 aromatic carbocycles. The van der Waals surface area contributed by atoms with Crippen LogP contribution in [0.1, 0.15) is 19.3 Å². The fourth-order valence-electron chi connectivity index (χ4n) is 3.17. The Labute approximate surface area is 137 Å². The SMILES string of the molecule is O=S(=O)(CCN1CCCCC1Cn1cccn1)c1ccccc1. The first kappa shape index (κ1) is 16.2. The Hall–Kier alpha value is -1.66. The van der Waals surface area contributed by atoms with Crippen LogP contribution in [0.15, 0.2) is 53.7 Å². The van der Waals surface area contributed by atoms with Gasteiger partial charge in [-0.2, -0.15) is 5.10 Å². The van der Waals surface area contributed by atoms with Crippen molar-refractivity contribution in [3.8, 4) is 0 Å². The zero-order valence-corrected chi connectivity index (χ0v) is 14.0. The standard InChI is InChI=1S/C17H23N3O2S/c21-23(22,17-8-2-1-3-9-17)14-13-19-11-5-4-7-16(19)15-20-12-6-10-18-20/h1-3,6,8-10,12,16H,4-5,7,11,13-15H2. The number of benzene rings is 1. The van der Waals surface area contributed by atoms with E-state index in [9.17, 15) is 8.42 Å². The third kappa shape index (κ3) is 4.20. The molecular weight excluding hydrogens is 310 g/mol. The van der Waals surface area contributed by atoms with Gasteiger partial charge >= 0.3 is 0 Å². The van der Waals surface area contributed by atoms with Crippen molar-refractivity contribution in [2.45, 2.75) is 36.7 Å². The summed E-state index contributed by atoms with van der Waals surface area (Å²) in [6, 6.07) is 11.0. The highest BCUT2D eigenvalue weighted by Crippen LogP contribution is 2.19. The predicted molar refractivity (Wildman–Crippen MR) is 89.9 cm³/mol. The lowest BCUT2D eigenvalue weighted by molar-refractivity contribution is 0.137. The molecule has 1 saturated heterocycles. The summed E-state index contributed by atoms with van der Waals surface area (Å²) < 4.78 is 26.8. The summed E-state index contributed by atoms with van der Waals surface area (Å²) >= 11 is 0. The minimum absolute atomic E-state index is 0.173. The smallest absolute Gasteiger partial charge is 0.179 e. The Morgan fingerprint density at radius 1 is 1.13 bits per heavy atom. The van der Waals surface area contributed by atoms with E-state index >= 15 is 0 Å². The maximum atomic E-state index is 12.5. The number of hydrogen-bond donors (Lipinski definition) is 0. The molecule has 0 aliphatic carbocycles. The van der Waals surface area contributed by atoms with Gasteiger partial charge in [-0.3, -0.25) is 9.58 Å². The predicted octanol–water partition coefficient (Wildman–Crippen LogP) is 2.21. The van der Waals surface area contributed by atoms with Gasteiger partial charge in [-0.05, 0) is 37.6 Å². The van der Waals surface area contributed by atoms with Crippen LogP contribution in [0.4, 0.5) is 0 Å². The van der Waals surface area contributed by atoms with Gasteiger partial charge in [0.2, 0.25) is 0 Å². The molecule has 23 heavy (non-hydrogen) atoms. The van der Waals surface area contributed by atoms with Crippen LogP contribution in [0, 0.1) is 0 Å². The van der Waals surface area contributed by atoms with Crippen molar-refractivity contribution in [1.82, 2.24) is 14.7 Å². The van der Waals surface area contributed by atoms with E-state index in [1.807, 2.05) is 23.0 Å². The number of likely N-dealkylation sites (tertiary alicyclic amines) is 1. The Kier molecular flexibility index (Phi) is 5.13. The Balaban J connectivity index is 1.63. The second kappa shape index (κ2) is 7.27. The van der Waals surface area contributed by atoms with E-state index in [0.717, 1.165) is 25.9 Å². The van der Waals surface area contributed by atoms with Gasteiger partial charge in [0, 0.05) is 25.0 Å². The average molecular weight is 333 g/mol. The van der Waals surface area contributed by atoms with Gasteiger partial charge in [0.1, 0.15) is 0 Å². The van der Waals surface area contributed by atoms with Gasteiger partial charge in [-0.25, -0.2) is 8.42 Å². The summed E-state index contributed by atoms with van der Waals surface area (Å²) in [5.74, 6) is 0.173. The number of nitrogens with zero attached hydrogens (tertiary/aromatic N) is 3. The summed E-state index contributed by atoms with van der Waals surface area (Å²) in [6.07, 6.45) is 7.20. The molecule has 2 aromatic rings. The van der Waals surface area contributed by atoms with E-state index in [2.05, 4.69) is 10.00 Å². The fourth-order valence-corrected chi connectivity index (χ4v) is 4.45. The molecule has 0 radical (unpaired) electrons. The van der Waals surface area contributed by atoms with E-state index in [-0.39, 0.29) is 5.75 Å². The number of sulfone groups is 1. The molecule has 3 rings (SSSR count). The molecule has 1 fully saturated rings. The van der Waals surface area contributed by atoms with Gasteiger partial charge in [0.25, 0.3) is 0 Å². The molecular formula is C17H23N3O2S. The van der Waals surface area contributed by atoms with Crippen LogP contribution in [0.25, 0.3) is 0 Å². The topological polar surface area (TPSA) is 55.2 Å². The third-order valence-electron chi connectivity index (χ3n) is 4.46. The number of rotatable bonds is 6. The van der Waals surface area contributed by atoms with Crippen LogP contribution in [0.3, 0.4) is 0 Å². The lowest BCUT2D eigenvalue weighted by Gasteiger charge is -2.35. The normalized spacial score (nSPS) is 19.7. The fraction of sp³-hybridized carbons (Fsp3) is 0.471. The first-order valence-electron chi connectivity index (χ1n) is 8.14. The first-order valence-corrected chi connectivity index (χ1v) is 9.80. The number of aromatic nitrogens is 2. The molecule has 1 aliphatic heterocycles. The summed E-state index contributed by atoms with van der Waals surface area (Å²) in [4.78, 5) is 2.73. The minimum atomic E-state index is -3.21. The Morgan fingerprint density at radius 3 is 2.70 bits per heavy atom. The van der Waals surface area contributed by atoms with E-state index < -0.39 is 9.84 Å². The molecule has 0 amide bonds. The highest BCUT2D eigenvalue weighted by molar-refractivity contribution is 7.91. The molecule has 1 aliphatic rings. The highest BCUT2D eigenvalue weighted by Gasteiger charge is 2.25. The average Bonchev–Trinajstić information content (AvgIpc) is 3.08. The molecule has 0 spiro atoms. The highest BCUT2D eigenvalue weighted by atomic mass is 32.2. The first-order chi connectivity index (χ1) is 11.1. The van der Waals surface area contributed by atoms with Gasteiger partial charge in [0.05, 0.1) is 17.2 Å². The maximum Gasteiger partial charge on any atom is 0.179 e. The van der Waals surface area contributed by atoms with Crippen LogP contribution in [0.2, 0.25) is 0 Å². The molecule has 0 saturated carbocycles. The largest absolute Gasteiger partial charge is 0.298 e. The molecule has 2 heterocycles. The Bertz CT molecular complexity index is 699. The second-order valence-corrected chi connectivity index (χ2v) is 8.15. The van der Waals surface area contributed by atoms with Crippen molar-refractivity contribution in [2.24, 2.45) is 0 Å². The van der Waals surface area contributed by atoms with Crippen molar-refractivity contribution in [1.29, 1.82) is 0 Å². The van der Waals surface area contributed by atoms with Crippen molar-refractivity contribution >= 4 is 9.84 Å². The van der Waals surface area contributed by atoms with E-state index in [1.54, 1.807) is 30.5 Å². The van der Waals surface area contributed by atoms with Crippen LogP contribution in [0.5, 0.6) is 0 Å². The molecule has 1 atom stereocenters. The minimum Gasteiger partial charge on any atom is -0.298 e. The zero-order chi connectivity index (χ0) is 16.1. The van der Waals surface area contributed by atoms with Crippen LogP contribution < -0.4 is 0 Å². The summed E-state index contributed by atoms with van der Waals surface area (Å²) in [7, 11) is -3.21. The lowest BCUT2D eigenvalue weighted by atomic mass is 10.0. The molecule has 124 valence electrons. The lowest BCUT2D eigenvalue weighted by Crippen LogP contribution is -2.44. The Morgan fingerprint density at radius 2 is 1.96 bits per heavy atom. The molecule has 0 bridgehead atoms. The van der Waals surface area contributed by atoms with Crippen LogP contribution in [-0.4, -0.2) is 48.0 Å². The summed E-state index contributed by atoms with van der Waals surface area (Å²) in [6.45, 7) is 2.39. The van der Waals surface area contributed by atoms with Crippen LogP contribution >= 0.6 is 0 Å². The summed E-state index contributed by atoms with van der Waals surface area (Å²) in [5, 5.41) is 4.27. The van der Waals surface area contributed by atoms with Crippen molar-refractivity contribution in [2.75, 3.05) is 18.8 Å².